The second-order valence-corrected chi connectivity index (χ2v) is 5.43. The largest absolute Gasteiger partial charge is 0.395 e. The number of carbonyl (C=O) groups is 2. The lowest BCUT2D eigenvalue weighted by Gasteiger charge is -2.21. The first-order chi connectivity index (χ1) is 11.1. The van der Waals surface area contributed by atoms with E-state index in [4.69, 9.17) is 16.7 Å². The van der Waals surface area contributed by atoms with Crippen molar-refractivity contribution >= 4 is 23.3 Å². The molecule has 23 heavy (non-hydrogen) atoms. The maximum absolute atomic E-state index is 12.7. The lowest BCUT2D eigenvalue weighted by Crippen LogP contribution is -2.34. The number of carbonyl (C=O) groups excluding carboxylic acids is 2. The van der Waals surface area contributed by atoms with Crippen molar-refractivity contribution in [3.05, 3.63) is 70.2 Å². The molecule has 0 atom stereocenters. The molecule has 2 rings (SSSR count). The van der Waals surface area contributed by atoms with E-state index in [1.165, 1.54) is 4.90 Å². The Morgan fingerprint density at radius 2 is 1.65 bits per heavy atom. The second kappa shape index (κ2) is 7.90. The van der Waals surface area contributed by atoms with E-state index in [0.29, 0.717) is 28.3 Å². The van der Waals surface area contributed by atoms with Gasteiger partial charge in [-0.3, -0.25) is 9.59 Å². The molecule has 0 heterocycles. The van der Waals surface area contributed by atoms with Crippen molar-refractivity contribution in [1.29, 1.82) is 0 Å². The molecule has 2 aromatic carbocycles. The van der Waals surface area contributed by atoms with Gasteiger partial charge in [0.15, 0.2) is 5.78 Å². The van der Waals surface area contributed by atoms with Crippen LogP contribution in [0.2, 0.25) is 5.02 Å². The lowest BCUT2D eigenvalue weighted by molar-refractivity contribution is 0.0728. The number of halogens is 1. The summed E-state index contributed by atoms with van der Waals surface area (Å²) >= 11 is 5.84. The summed E-state index contributed by atoms with van der Waals surface area (Å²) in [4.78, 5) is 26.8. The van der Waals surface area contributed by atoms with Crippen LogP contribution in [0.25, 0.3) is 0 Å². The van der Waals surface area contributed by atoms with E-state index in [9.17, 15) is 9.59 Å². The van der Waals surface area contributed by atoms with Gasteiger partial charge in [-0.15, -0.1) is 0 Å². The SMILES string of the molecule is CCN(CCO)C(=O)c1ccccc1C(=O)c1ccc(Cl)cc1. The van der Waals surface area contributed by atoms with Gasteiger partial charge in [-0.25, -0.2) is 0 Å². The molecular formula is C18H18ClNO3. The van der Waals surface area contributed by atoms with Gasteiger partial charge in [0.05, 0.1) is 12.2 Å². The van der Waals surface area contributed by atoms with Gasteiger partial charge in [0, 0.05) is 29.2 Å². The normalized spacial score (nSPS) is 10.4. The van der Waals surface area contributed by atoms with Crippen molar-refractivity contribution in [2.24, 2.45) is 0 Å². The highest BCUT2D eigenvalue weighted by Gasteiger charge is 2.21. The van der Waals surface area contributed by atoms with Crippen LogP contribution < -0.4 is 0 Å². The summed E-state index contributed by atoms with van der Waals surface area (Å²) in [6.45, 7) is 2.41. The minimum absolute atomic E-state index is 0.118. The van der Waals surface area contributed by atoms with E-state index in [-0.39, 0.29) is 24.8 Å². The van der Waals surface area contributed by atoms with Crippen LogP contribution in [0.5, 0.6) is 0 Å². The number of hydrogen-bond acceptors (Lipinski definition) is 3. The first-order valence-corrected chi connectivity index (χ1v) is 7.75. The summed E-state index contributed by atoms with van der Waals surface area (Å²) < 4.78 is 0. The average molecular weight is 332 g/mol. The molecule has 1 amide bonds. The number of aliphatic hydroxyl groups is 1. The third kappa shape index (κ3) is 3.97. The molecule has 0 unspecified atom stereocenters. The van der Waals surface area contributed by atoms with Gasteiger partial charge in [-0.2, -0.15) is 0 Å². The standard InChI is InChI=1S/C18H18ClNO3/c1-2-20(11-12-21)18(23)16-6-4-3-5-15(16)17(22)13-7-9-14(19)10-8-13/h3-10,21H,2,11-12H2,1H3. The lowest BCUT2D eigenvalue weighted by atomic mass is 9.97. The van der Waals surface area contributed by atoms with Gasteiger partial charge in [-0.05, 0) is 37.3 Å². The van der Waals surface area contributed by atoms with Crippen molar-refractivity contribution in [3.63, 3.8) is 0 Å². The molecule has 0 saturated carbocycles. The molecule has 4 nitrogen and oxygen atoms in total. The highest BCUT2D eigenvalue weighted by molar-refractivity contribution is 6.30. The average Bonchev–Trinajstić information content (AvgIpc) is 2.59. The van der Waals surface area contributed by atoms with Crippen molar-refractivity contribution in [3.8, 4) is 0 Å². The summed E-state index contributed by atoms with van der Waals surface area (Å²) in [6.07, 6.45) is 0. The van der Waals surface area contributed by atoms with Crippen molar-refractivity contribution in [1.82, 2.24) is 4.90 Å². The van der Waals surface area contributed by atoms with Crippen LogP contribution >= 0.6 is 11.6 Å². The highest BCUT2D eigenvalue weighted by Crippen LogP contribution is 2.18. The molecule has 0 radical (unpaired) electrons. The maximum atomic E-state index is 12.7. The van der Waals surface area contributed by atoms with Crippen LogP contribution in [0, 0.1) is 0 Å². The van der Waals surface area contributed by atoms with Crippen LogP contribution in [0.1, 0.15) is 33.2 Å². The summed E-state index contributed by atoms with van der Waals surface area (Å²) in [6, 6.07) is 13.3. The second-order valence-electron chi connectivity index (χ2n) is 4.99. The Morgan fingerprint density at radius 1 is 1.04 bits per heavy atom. The molecule has 0 spiro atoms. The number of likely N-dealkylation sites (N-methyl/N-ethyl adjacent to an activating group) is 1. The van der Waals surface area contributed by atoms with E-state index in [1.54, 1.807) is 48.5 Å². The third-order valence-electron chi connectivity index (χ3n) is 3.55. The summed E-state index contributed by atoms with van der Waals surface area (Å²) in [5.74, 6) is -0.495. The summed E-state index contributed by atoms with van der Waals surface area (Å²) in [7, 11) is 0. The van der Waals surface area contributed by atoms with E-state index >= 15 is 0 Å². The quantitative estimate of drug-likeness (QED) is 0.828. The molecule has 2 aromatic rings. The Morgan fingerprint density at radius 3 is 2.22 bits per heavy atom. The molecule has 0 saturated heterocycles. The Balaban J connectivity index is 2.38. The number of nitrogens with zero attached hydrogens (tertiary/aromatic N) is 1. The molecule has 1 N–H and O–H groups in total. The fourth-order valence-electron chi connectivity index (χ4n) is 2.32. The number of amides is 1. The zero-order chi connectivity index (χ0) is 16.8. The van der Waals surface area contributed by atoms with Crippen molar-refractivity contribution in [2.75, 3.05) is 19.7 Å². The smallest absolute Gasteiger partial charge is 0.254 e. The summed E-state index contributed by atoms with van der Waals surface area (Å²) in [5, 5.41) is 9.62. The molecule has 0 aliphatic heterocycles. The molecule has 5 heteroatoms. The number of ketones is 1. The molecule has 0 aliphatic carbocycles. The Kier molecular flexibility index (Phi) is 5.90. The van der Waals surface area contributed by atoms with E-state index in [1.807, 2.05) is 6.92 Å². The van der Waals surface area contributed by atoms with Crippen LogP contribution in [0.4, 0.5) is 0 Å². The number of rotatable bonds is 6. The Hall–Kier alpha value is -2.17. The first-order valence-electron chi connectivity index (χ1n) is 7.38. The van der Waals surface area contributed by atoms with Gasteiger partial charge in [0.25, 0.3) is 5.91 Å². The van der Waals surface area contributed by atoms with Crippen LogP contribution in [0.15, 0.2) is 48.5 Å². The predicted molar refractivity (Wildman–Crippen MR) is 90.0 cm³/mol. The zero-order valence-electron chi connectivity index (χ0n) is 12.8. The topological polar surface area (TPSA) is 57.6 Å². The Bertz CT molecular complexity index is 698. The van der Waals surface area contributed by atoms with Gasteiger partial charge in [0.2, 0.25) is 0 Å². The fraction of sp³-hybridized carbons (Fsp3) is 0.222. The molecule has 120 valence electrons. The number of aliphatic hydroxyl groups excluding tert-OH is 1. The highest BCUT2D eigenvalue weighted by atomic mass is 35.5. The minimum atomic E-state index is -0.264. The molecule has 0 aliphatic rings. The van der Waals surface area contributed by atoms with E-state index in [2.05, 4.69) is 0 Å². The van der Waals surface area contributed by atoms with Gasteiger partial charge in [-0.1, -0.05) is 29.8 Å². The van der Waals surface area contributed by atoms with Gasteiger partial charge < -0.3 is 10.0 Å². The number of hydrogen-bond donors (Lipinski definition) is 1. The first kappa shape index (κ1) is 17.2. The third-order valence-corrected chi connectivity index (χ3v) is 3.80. The van der Waals surface area contributed by atoms with Crippen LogP contribution in [-0.4, -0.2) is 41.4 Å². The number of benzene rings is 2. The van der Waals surface area contributed by atoms with E-state index < -0.39 is 0 Å². The summed E-state index contributed by atoms with van der Waals surface area (Å²) in [5.41, 5.74) is 1.15. The monoisotopic (exact) mass is 331 g/mol. The maximum Gasteiger partial charge on any atom is 0.254 e. The van der Waals surface area contributed by atoms with Crippen LogP contribution in [-0.2, 0) is 0 Å². The van der Waals surface area contributed by atoms with Gasteiger partial charge >= 0.3 is 0 Å². The molecule has 0 bridgehead atoms. The van der Waals surface area contributed by atoms with Gasteiger partial charge in [0.1, 0.15) is 0 Å². The molecular weight excluding hydrogens is 314 g/mol. The predicted octanol–water partition coefficient (Wildman–Crippen LogP) is 3.03. The van der Waals surface area contributed by atoms with Crippen molar-refractivity contribution < 1.29 is 14.7 Å². The fourth-order valence-corrected chi connectivity index (χ4v) is 2.44. The minimum Gasteiger partial charge on any atom is -0.395 e. The van der Waals surface area contributed by atoms with Crippen LogP contribution in [0.3, 0.4) is 0 Å². The zero-order valence-corrected chi connectivity index (χ0v) is 13.6. The molecule has 0 fully saturated rings. The van der Waals surface area contributed by atoms with E-state index in [0.717, 1.165) is 0 Å². The van der Waals surface area contributed by atoms with Crippen molar-refractivity contribution in [2.45, 2.75) is 6.92 Å². The Labute approximate surface area is 140 Å². The molecule has 0 aromatic heterocycles.